The van der Waals surface area contributed by atoms with Crippen molar-refractivity contribution in [3.63, 3.8) is 0 Å². The van der Waals surface area contributed by atoms with Gasteiger partial charge in [-0.2, -0.15) is 0 Å². The van der Waals surface area contributed by atoms with Crippen LogP contribution in [0.4, 0.5) is 0 Å². The van der Waals surface area contributed by atoms with Crippen LogP contribution in [0.5, 0.6) is 0 Å². The van der Waals surface area contributed by atoms with Crippen molar-refractivity contribution >= 4 is 5.78 Å². The Kier molecular flexibility index (Phi) is 2.60. The second kappa shape index (κ2) is 3.20. The van der Waals surface area contributed by atoms with Gasteiger partial charge in [0, 0.05) is 5.92 Å². The first-order valence-electron chi connectivity index (χ1n) is 4.95. The van der Waals surface area contributed by atoms with Crippen LogP contribution in [-0.2, 0) is 4.79 Å². The molecule has 1 aliphatic rings. The number of Topliss-reactive ketones (excluding diaryl/α,β-unsaturated/α-hetero) is 1. The maximum atomic E-state index is 11.4. The smallest absolute Gasteiger partial charge is 0.133 e. The first kappa shape index (κ1) is 9.76. The van der Waals surface area contributed by atoms with Gasteiger partial charge in [0.15, 0.2) is 0 Å². The van der Waals surface area contributed by atoms with E-state index in [-0.39, 0.29) is 5.41 Å². The molecular formula is C11H20O. The molecular weight excluding hydrogens is 148 g/mol. The fraction of sp³-hybridized carbons (Fsp3) is 0.909. The van der Waals surface area contributed by atoms with Crippen LogP contribution >= 0.6 is 0 Å². The van der Waals surface area contributed by atoms with Crippen LogP contribution in [0.25, 0.3) is 0 Å². The lowest BCUT2D eigenvalue weighted by atomic mass is 9.63. The minimum Gasteiger partial charge on any atom is -0.300 e. The van der Waals surface area contributed by atoms with Crippen molar-refractivity contribution in [3.05, 3.63) is 0 Å². The Morgan fingerprint density at radius 3 is 2.33 bits per heavy atom. The predicted octanol–water partition coefficient (Wildman–Crippen LogP) is 3.04. The molecule has 1 fully saturated rings. The van der Waals surface area contributed by atoms with E-state index in [1.165, 1.54) is 19.3 Å². The van der Waals surface area contributed by atoms with E-state index in [4.69, 9.17) is 0 Å². The van der Waals surface area contributed by atoms with Crippen molar-refractivity contribution in [2.45, 2.75) is 47.0 Å². The van der Waals surface area contributed by atoms with Gasteiger partial charge >= 0.3 is 0 Å². The number of hydrogen-bond acceptors (Lipinski definition) is 1. The molecule has 0 amide bonds. The molecule has 0 saturated heterocycles. The number of carbonyl (C=O) groups is 1. The van der Waals surface area contributed by atoms with E-state index >= 15 is 0 Å². The number of carbonyl (C=O) groups excluding carboxylic acids is 1. The second-order valence-corrected chi connectivity index (χ2v) is 4.95. The fourth-order valence-electron chi connectivity index (χ4n) is 2.92. The molecule has 2 atom stereocenters. The molecule has 1 rings (SSSR count). The molecule has 1 heteroatoms. The highest BCUT2D eigenvalue weighted by atomic mass is 16.1. The zero-order valence-electron chi connectivity index (χ0n) is 8.68. The summed E-state index contributed by atoms with van der Waals surface area (Å²) in [6.07, 6.45) is 3.73. The predicted molar refractivity (Wildman–Crippen MR) is 51.0 cm³/mol. The molecule has 0 spiro atoms. The molecule has 0 N–H and O–H groups in total. The third-order valence-electron chi connectivity index (χ3n) is 3.33. The molecule has 0 aromatic carbocycles. The topological polar surface area (TPSA) is 17.1 Å². The van der Waals surface area contributed by atoms with Gasteiger partial charge in [-0.25, -0.2) is 0 Å². The van der Waals surface area contributed by atoms with Gasteiger partial charge in [-0.1, -0.05) is 27.2 Å². The minimum absolute atomic E-state index is 0.240. The van der Waals surface area contributed by atoms with Crippen LogP contribution in [0.1, 0.15) is 47.0 Å². The van der Waals surface area contributed by atoms with Crippen LogP contribution in [0.2, 0.25) is 0 Å². The van der Waals surface area contributed by atoms with E-state index in [9.17, 15) is 4.79 Å². The summed E-state index contributed by atoms with van der Waals surface area (Å²) in [5, 5.41) is 0. The Bertz CT molecular complexity index is 181. The fourth-order valence-corrected chi connectivity index (χ4v) is 2.92. The Morgan fingerprint density at radius 2 is 2.00 bits per heavy atom. The summed E-state index contributed by atoms with van der Waals surface area (Å²) in [4.78, 5) is 11.4. The van der Waals surface area contributed by atoms with Crippen molar-refractivity contribution in [1.82, 2.24) is 0 Å². The third-order valence-corrected chi connectivity index (χ3v) is 3.33. The van der Waals surface area contributed by atoms with Gasteiger partial charge in [0.25, 0.3) is 0 Å². The first-order chi connectivity index (χ1) is 5.45. The summed E-state index contributed by atoms with van der Waals surface area (Å²) in [6.45, 7) is 8.42. The van der Waals surface area contributed by atoms with Crippen molar-refractivity contribution in [2.24, 2.45) is 17.3 Å². The van der Waals surface area contributed by atoms with Gasteiger partial charge in [0.05, 0.1) is 0 Å². The average molecular weight is 168 g/mol. The molecule has 0 bridgehead atoms. The number of hydrogen-bond donors (Lipinski definition) is 0. The van der Waals surface area contributed by atoms with Crippen LogP contribution in [0.15, 0.2) is 0 Å². The van der Waals surface area contributed by atoms with Crippen LogP contribution in [0, 0.1) is 17.3 Å². The Hall–Kier alpha value is -0.330. The molecule has 0 radical (unpaired) electrons. The summed E-state index contributed by atoms with van der Waals surface area (Å²) in [5.74, 6) is 1.27. The van der Waals surface area contributed by atoms with Crippen molar-refractivity contribution < 1.29 is 4.79 Å². The van der Waals surface area contributed by atoms with E-state index < -0.39 is 0 Å². The summed E-state index contributed by atoms with van der Waals surface area (Å²) in [6, 6.07) is 0. The Morgan fingerprint density at radius 1 is 1.42 bits per heavy atom. The number of rotatable bonds is 1. The molecule has 70 valence electrons. The highest BCUT2D eigenvalue weighted by Crippen LogP contribution is 2.44. The zero-order valence-corrected chi connectivity index (χ0v) is 8.68. The molecule has 0 aliphatic heterocycles. The van der Waals surface area contributed by atoms with E-state index in [1.54, 1.807) is 6.92 Å². The van der Waals surface area contributed by atoms with Crippen molar-refractivity contribution in [2.75, 3.05) is 0 Å². The lowest BCUT2D eigenvalue weighted by Crippen LogP contribution is -2.38. The van der Waals surface area contributed by atoms with E-state index in [1.807, 2.05) is 0 Å². The average Bonchev–Trinajstić information content (AvgIpc) is 1.82. The minimum atomic E-state index is 0.240. The number of ketones is 1. The Balaban J connectivity index is 2.81. The van der Waals surface area contributed by atoms with Gasteiger partial charge in [-0.15, -0.1) is 0 Å². The standard InChI is InChI=1S/C11H20O/c1-8-6-5-7-11(3,4)10(8)9(2)12/h8,10H,5-7H2,1-4H3/t8-,10+/m1/s1. The highest BCUT2D eigenvalue weighted by molar-refractivity contribution is 5.79. The Labute approximate surface area is 75.5 Å². The normalized spacial score (nSPS) is 34.7. The largest absolute Gasteiger partial charge is 0.300 e. The molecule has 0 unspecified atom stereocenters. The van der Waals surface area contributed by atoms with Gasteiger partial charge in [-0.05, 0) is 31.1 Å². The summed E-state index contributed by atoms with van der Waals surface area (Å²) < 4.78 is 0. The molecule has 1 saturated carbocycles. The summed E-state index contributed by atoms with van der Waals surface area (Å²) in [5.41, 5.74) is 0.240. The van der Waals surface area contributed by atoms with Crippen LogP contribution < -0.4 is 0 Å². The van der Waals surface area contributed by atoms with Crippen molar-refractivity contribution in [3.8, 4) is 0 Å². The van der Waals surface area contributed by atoms with Gasteiger partial charge in [0.2, 0.25) is 0 Å². The van der Waals surface area contributed by atoms with Gasteiger partial charge < -0.3 is 0 Å². The molecule has 0 aromatic heterocycles. The van der Waals surface area contributed by atoms with E-state index in [0.29, 0.717) is 17.6 Å². The maximum Gasteiger partial charge on any atom is 0.133 e. The first-order valence-corrected chi connectivity index (χ1v) is 4.95. The SMILES string of the molecule is CC(=O)[C@@H]1[C@H](C)CCCC1(C)C. The second-order valence-electron chi connectivity index (χ2n) is 4.95. The quantitative estimate of drug-likeness (QED) is 0.588. The lowest BCUT2D eigenvalue weighted by molar-refractivity contribution is -0.128. The monoisotopic (exact) mass is 168 g/mol. The molecule has 1 nitrogen and oxygen atoms in total. The van der Waals surface area contributed by atoms with Crippen molar-refractivity contribution in [1.29, 1.82) is 0 Å². The highest BCUT2D eigenvalue weighted by Gasteiger charge is 2.39. The van der Waals surface area contributed by atoms with Crippen LogP contribution in [0.3, 0.4) is 0 Å². The molecule has 1 aliphatic carbocycles. The maximum absolute atomic E-state index is 11.4. The third kappa shape index (κ3) is 1.70. The summed E-state index contributed by atoms with van der Waals surface area (Å²) >= 11 is 0. The zero-order chi connectivity index (χ0) is 9.35. The van der Waals surface area contributed by atoms with Gasteiger partial charge in [-0.3, -0.25) is 4.79 Å². The molecule has 12 heavy (non-hydrogen) atoms. The van der Waals surface area contributed by atoms with Crippen LogP contribution in [-0.4, -0.2) is 5.78 Å². The molecule has 0 aromatic rings. The molecule has 0 heterocycles. The lowest BCUT2D eigenvalue weighted by Gasteiger charge is -2.41. The van der Waals surface area contributed by atoms with Gasteiger partial charge in [0.1, 0.15) is 5.78 Å². The van der Waals surface area contributed by atoms with E-state index in [0.717, 1.165) is 0 Å². The summed E-state index contributed by atoms with van der Waals surface area (Å²) in [7, 11) is 0. The van der Waals surface area contributed by atoms with E-state index in [2.05, 4.69) is 20.8 Å².